The number of fused-ring (bicyclic) bond motifs is 1. The third-order valence-electron chi connectivity index (χ3n) is 2.41. The molecule has 0 amide bonds. The van der Waals surface area contributed by atoms with Crippen molar-refractivity contribution in [3.8, 4) is 0 Å². The van der Waals surface area contributed by atoms with E-state index in [1.54, 1.807) is 6.20 Å². The Morgan fingerprint density at radius 1 is 1.60 bits per heavy atom. The van der Waals surface area contributed by atoms with Gasteiger partial charge in [-0.05, 0) is 18.7 Å². The van der Waals surface area contributed by atoms with Crippen LogP contribution in [0.2, 0.25) is 0 Å². The molecule has 15 heavy (non-hydrogen) atoms. The van der Waals surface area contributed by atoms with Crippen LogP contribution < -0.4 is 5.73 Å². The predicted molar refractivity (Wildman–Crippen MR) is 58.7 cm³/mol. The maximum Gasteiger partial charge on any atom is 0.166 e. The molecule has 0 spiro atoms. The number of hydrogen-bond donors (Lipinski definition) is 1. The van der Waals surface area contributed by atoms with Gasteiger partial charge in [-0.3, -0.25) is 4.79 Å². The Balaban J connectivity index is 2.57. The van der Waals surface area contributed by atoms with Crippen LogP contribution in [0.1, 0.15) is 16.8 Å². The second-order valence-corrected chi connectivity index (χ2v) is 3.49. The number of nitrogens with two attached hydrogens (primary N) is 1. The largest absolute Gasteiger partial charge is 0.335 e. The molecule has 2 aromatic heterocycles. The van der Waals surface area contributed by atoms with E-state index < -0.39 is 0 Å². The molecule has 0 saturated carbocycles. The summed E-state index contributed by atoms with van der Waals surface area (Å²) in [6.07, 6.45) is 3.92. The number of carbonyl (C=O) groups excluding carboxylic acids is 1. The fourth-order valence-electron chi connectivity index (χ4n) is 1.70. The molecule has 0 aliphatic carbocycles. The van der Waals surface area contributed by atoms with Crippen molar-refractivity contribution in [2.75, 3.05) is 6.54 Å². The number of ketones is 1. The molecule has 78 valence electrons. The van der Waals surface area contributed by atoms with Crippen LogP contribution in [0.3, 0.4) is 0 Å². The summed E-state index contributed by atoms with van der Waals surface area (Å²) >= 11 is 0. The zero-order valence-corrected chi connectivity index (χ0v) is 8.60. The first-order valence-corrected chi connectivity index (χ1v) is 4.87. The van der Waals surface area contributed by atoms with Crippen molar-refractivity contribution in [1.29, 1.82) is 0 Å². The van der Waals surface area contributed by atoms with E-state index in [0.29, 0.717) is 18.5 Å². The second-order valence-electron chi connectivity index (χ2n) is 3.49. The van der Waals surface area contributed by atoms with Crippen LogP contribution in [-0.2, 0) is 7.05 Å². The van der Waals surface area contributed by atoms with Crippen LogP contribution in [0.4, 0.5) is 0 Å². The quantitative estimate of drug-likeness (QED) is 0.760. The zero-order chi connectivity index (χ0) is 10.8. The topological polar surface area (TPSA) is 60.9 Å². The lowest BCUT2D eigenvalue weighted by Gasteiger charge is -1.95. The number of aromatic nitrogens is 2. The molecular formula is C11H13N3O. The van der Waals surface area contributed by atoms with E-state index in [0.717, 1.165) is 11.0 Å². The normalized spacial score (nSPS) is 10.8. The number of pyridine rings is 1. The smallest absolute Gasteiger partial charge is 0.166 e. The molecule has 4 heteroatoms. The minimum atomic E-state index is 0.0797. The van der Waals surface area contributed by atoms with Gasteiger partial charge < -0.3 is 10.3 Å². The SMILES string of the molecule is Cn1cc(C(=O)CCN)c2cccnc21. The highest BCUT2D eigenvalue weighted by atomic mass is 16.1. The van der Waals surface area contributed by atoms with Gasteiger partial charge in [0.1, 0.15) is 5.65 Å². The Morgan fingerprint density at radius 2 is 2.40 bits per heavy atom. The fourth-order valence-corrected chi connectivity index (χ4v) is 1.70. The molecular weight excluding hydrogens is 190 g/mol. The minimum Gasteiger partial charge on any atom is -0.335 e. The van der Waals surface area contributed by atoms with E-state index in [1.807, 2.05) is 29.9 Å². The first kappa shape index (κ1) is 9.86. The Morgan fingerprint density at radius 3 is 3.13 bits per heavy atom. The zero-order valence-electron chi connectivity index (χ0n) is 8.60. The lowest BCUT2D eigenvalue weighted by molar-refractivity contribution is 0.0987. The van der Waals surface area contributed by atoms with Gasteiger partial charge in [0.15, 0.2) is 5.78 Å². The Bertz CT molecular complexity index is 502. The molecule has 0 radical (unpaired) electrons. The molecule has 2 aromatic rings. The standard InChI is InChI=1S/C11H13N3O/c1-14-7-9(10(15)4-5-12)8-3-2-6-13-11(8)14/h2-3,6-7H,4-5,12H2,1H3. The summed E-state index contributed by atoms with van der Waals surface area (Å²) in [5.41, 5.74) is 6.92. The summed E-state index contributed by atoms with van der Waals surface area (Å²) in [5, 5.41) is 0.901. The van der Waals surface area contributed by atoms with Gasteiger partial charge in [0, 0.05) is 36.8 Å². The summed E-state index contributed by atoms with van der Waals surface area (Å²) in [6, 6.07) is 3.74. The Hall–Kier alpha value is -1.68. The molecule has 0 aromatic carbocycles. The monoisotopic (exact) mass is 203 g/mol. The van der Waals surface area contributed by atoms with Gasteiger partial charge in [0.2, 0.25) is 0 Å². The maximum atomic E-state index is 11.8. The lowest BCUT2D eigenvalue weighted by atomic mass is 10.1. The Labute approximate surface area is 87.7 Å². The summed E-state index contributed by atoms with van der Waals surface area (Å²) < 4.78 is 1.86. The van der Waals surface area contributed by atoms with Crippen LogP contribution in [-0.4, -0.2) is 21.9 Å². The van der Waals surface area contributed by atoms with Crippen molar-refractivity contribution >= 4 is 16.8 Å². The van der Waals surface area contributed by atoms with Crippen molar-refractivity contribution in [2.45, 2.75) is 6.42 Å². The van der Waals surface area contributed by atoms with Gasteiger partial charge in [0.25, 0.3) is 0 Å². The highest BCUT2D eigenvalue weighted by Gasteiger charge is 2.12. The van der Waals surface area contributed by atoms with Crippen LogP contribution >= 0.6 is 0 Å². The number of aryl methyl sites for hydroxylation is 1. The van der Waals surface area contributed by atoms with Gasteiger partial charge in [-0.25, -0.2) is 4.98 Å². The maximum absolute atomic E-state index is 11.8. The van der Waals surface area contributed by atoms with Crippen LogP contribution in [0.15, 0.2) is 24.5 Å². The molecule has 0 fully saturated rings. The van der Waals surface area contributed by atoms with Crippen molar-refractivity contribution in [3.63, 3.8) is 0 Å². The third-order valence-corrected chi connectivity index (χ3v) is 2.41. The summed E-state index contributed by atoms with van der Waals surface area (Å²) in [6.45, 7) is 0.384. The average molecular weight is 203 g/mol. The lowest BCUT2D eigenvalue weighted by Crippen LogP contribution is -2.07. The highest BCUT2D eigenvalue weighted by Crippen LogP contribution is 2.19. The fraction of sp³-hybridized carbons (Fsp3) is 0.273. The van der Waals surface area contributed by atoms with E-state index >= 15 is 0 Å². The first-order valence-electron chi connectivity index (χ1n) is 4.87. The molecule has 0 bridgehead atoms. The molecule has 0 aliphatic heterocycles. The molecule has 0 saturated heterocycles. The van der Waals surface area contributed by atoms with Crippen molar-refractivity contribution in [1.82, 2.24) is 9.55 Å². The van der Waals surface area contributed by atoms with Crippen molar-refractivity contribution < 1.29 is 4.79 Å². The number of carbonyl (C=O) groups is 1. The summed E-state index contributed by atoms with van der Waals surface area (Å²) in [4.78, 5) is 16.0. The molecule has 4 nitrogen and oxygen atoms in total. The van der Waals surface area contributed by atoms with E-state index in [2.05, 4.69) is 4.98 Å². The molecule has 2 heterocycles. The predicted octanol–water partition coefficient (Wildman–Crippen LogP) is 1.10. The Kier molecular flexibility index (Phi) is 2.51. The average Bonchev–Trinajstić information content (AvgIpc) is 2.58. The van der Waals surface area contributed by atoms with Crippen LogP contribution in [0.25, 0.3) is 11.0 Å². The molecule has 0 unspecified atom stereocenters. The van der Waals surface area contributed by atoms with Gasteiger partial charge in [0.05, 0.1) is 0 Å². The third kappa shape index (κ3) is 1.64. The van der Waals surface area contributed by atoms with Gasteiger partial charge in [-0.2, -0.15) is 0 Å². The molecule has 0 atom stereocenters. The van der Waals surface area contributed by atoms with E-state index in [-0.39, 0.29) is 5.78 Å². The minimum absolute atomic E-state index is 0.0797. The van der Waals surface area contributed by atoms with Crippen LogP contribution in [0, 0.1) is 0 Å². The molecule has 2 N–H and O–H groups in total. The highest BCUT2D eigenvalue weighted by molar-refractivity contribution is 6.07. The van der Waals surface area contributed by atoms with Crippen molar-refractivity contribution in [3.05, 3.63) is 30.1 Å². The number of nitrogens with zero attached hydrogens (tertiary/aromatic N) is 2. The van der Waals surface area contributed by atoms with Crippen molar-refractivity contribution in [2.24, 2.45) is 12.8 Å². The van der Waals surface area contributed by atoms with E-state index in [4.69, 9.17) is 5.73 Å². The van der Waals surface area contributed by atoms with Crippen LogP contribution in [0.5, 0.6) is 0 Å². The number of Topliss-reactive ketones (excluding diaryl/α,β-unsaturated/α-hetero) is 1. The van der Waals surface area contributed by atoms with E-state index in [1.165, 1.54) is 0 Å². The number of rotatable bonds is 3. The summed E-state index contributed by atoms with van der Waals surface area (Å²) in [7, 11) is 1.88. The van der Waals surface area contributed by atoms with Gasteiger partial charge in [-0.1, -0.05) is 0 Å². The summed E-state index contributed by atoms with van der Waals surface area (Å²) in [5.74, 6) is 0.0797. The molecule has 0 aliphatic rings. The molecule has 2 rings (SSSR count). The second kappa shape index (κ2) is 3.82. The van der Waals surface area contributed by atoms with E-state index in [9.17, 15) is 4.79 Å². The van der Waals surface area contributed by atoms with Gasteiger partial charge in [-0.15, -0.1) is 0 Å². The number of hydrogen-bond acceptors (Lipinski definition) is 3. The first-order chi connectivity index (χ1) is 7.24. The van der Waals surface area contributed by atoms with Gasteiger partial charge >= 0.3 is 0 Å².